The van der Waals surface area contributed by atoms with Crippen molar-refractivity contribution in [3.8, 4) is 0 Å². The number of hydrogen-bond donors (Lipinski definition) is 1. The maximum absolute atomic E-state index is 6.05. The van der Waals surface area contributed by atoms with Crippen molar-refractivity contribution in [2.45, 2.75) is 6.42 Å². The Morgan fingerprint density at radius 1 is 1.39 bits per heavy atom. The molecule has 0 amide bonds. The van der Waals surface area contributed by atoms with Crippen LogP contribution in [0.3, 0.4) is 0 Å². The number of hydrogen-bond acceptors (Lipinski definition) is 3. The Morgan fingerprint density at radius 3 is 2.67 bits per heavy atom. The average Bonchev–Trinajstić information content (AvgIpc) is 2.69. The minimum Gasteiger partial charge on any atom is -0.397 e. The van der Waals surface area contributed by atoms with Crippen LogP contribution in [0.5, 0.6) is 0 Å². The van der Waals surface area contributed by atoms with E-state index in [9.17, 15) is 0 Å². The number of rotatable bonds is 3. The van der Waals surface area contributed by atoms with E-state index < -0.39 is 0 Å². The molecule has 0 saturated carbocycles. The van der Waals surface area contributed by atoms with Crippen LogP contribution in [0.4, 0.5) is 11.4 Å². The third-order valence-electron chi connectivity index (χ3n) is 3.50. The first-order valence-electron chi connectivity index (χ1n) is 6.11. The van der Waals surface area contributed by atoms with Crippen molar-refractivity contribution in [3.05, 3.63) is 22.2 Å². The number of nitrogen functional groups attached to an aromatic ring is 1. The molecular weight excluding hydrogens is 269 g/mol. The van der Waals surface area contributed by atoms with Gasteiger partial charge in [-0.2, -0.15) is 0 Å². The minimum absolute atomic E-state index is 0.506. The SMILES string of the molecule is CN1CCC(CN(C)c2cc(Cl)c(Cl)cc2N)C1. The predicted molar refractivity (Wildman–Crippen MR) is 79.7 cm³/mol. The molecular formula is C13H19Cl2N3. The monoisotopic (exact) mass is 287 g/mol. The van der Waals surface area contributed by atoms with Gasteiger partial charge in [0.1, 0.15) is 0 Å². The zero-order valence-corrected chi connectivity index (χ0v) is 12.3. The van der Waals surface area contributed by atoms with Gasteiger partial charge in [0.15, 0.2) is 0 Å². The van der Waals surface area contributed by atoms with Gasteiger partial charge in [0.2, 0.25) is 0 Å². The molecule has 0 aliphatic carbocycles. The average molecular weight is 288 g/mol. The molecule has 1 aliphatic heterocycles. The van der Waals surface area contributed by atoms with Gasteiger partial charge in [-0.25, -0.2) is 0 Å². The molecule has 18 heavy (non-hydrogen) atoms. The topological polar surface area (TPSA) is 32.5 Å². The van der Waals surface area contributed by atoms with E-state index in [1.165, 1.54) is 13.0 Å². The van der Waals surface area contributed by atoms with Crippen LogP contribution >= 0.6 is 23.2 Å². The van der Waals surface area contributed by atoms with E-state index in [4.69, 9.17) is 28.9 Å². The number of nitrogens with two attached hydrogens (primary N) is 1. The first kappa shape index (κ1) is 13.8. The van der Waals surface area contributed by atoms with Crippen LogP contribution in [0, 0.1) is 5.92 Å². The van der Waals surface area contributed by atoms with E-state index in [0.29, 0.717) is 21.7 Å². The standard InChI is InChI=1S/C13H19Cl2N3/c1-17-4-3-9(7-17)8-18(2)13-6-11(15)10(14)5-12(13)16/h5-6,9H,3-4,7-8,16H2,1-2H3. The van der Waals surface area contributed by atoms with Crippen LogP contribution in [0.15, 0.2) is 12.1 Å². The second-order valence-electron chi connectivity index (χ2n) is 5.12. The fourth-order valence-corrected chi connectivity index (χ4v) is 2.87. The molecule has 0 radical (unpaired) electrons. The van der Waals surface area contributed by atoms with E-state index in [1.807, 2.05) is 13.1 Å². The highest BCUT2D eigenvalue weighted by Crippen LogP contribution is 2.33. The van der Waals surface area contributed by atoms with Gasteiger partial charge in [0.25, 0.3) is 0 Å². The van der Waals surface area contributed by atoms with Crippen molar-refractivity contribution < 1.29 is 0 Å². The Balaban J connectivity index is 2.09. The Labute approximate surface area is 118 Å². The quantitative estimate of drug-likeness (QED) is 0.868. The summed E-state index contributed by atoms with van der Waals surface area (Å²) < 4.78 is 0. The third-order valence-corrected chi connectivity index (χ3v) is 4.22. The van der Waals surface area contributed by atoms with Crippen LogP contribution in [0.1, 0.15) is 6.42 Å². The molecule has 5 heteroatoms. The van der Waals surface area contributed by atoms with Gasteiger partial charge >= 0.3 is 0 Å². The minimum atomic E-state index is 0.506. The lowest BCUT2D eigenvalue weighted by atomic mass is 10.1. The molecule has 1 atom stereocenters. The number of likely N-dealkylation sites (tertiary alicyclic amines) is 1. The Bertz CT molecular complexity index is 436. The van der Waals surface area contributed by atoms with E-state index >= 15 is 0 Å². The summed E-state index contributed by atoms with van der Waals surface area (Å²) in [4.78, 5) is 4.53. The summed E-state index contributed by atoms with van der Waals surface area (Å²) >= 11 is 12.0. The molecule has 1 fully saturated rings. The zero-order chi connectivity index (χ0) is 13.3. The van der Waals surface area contributed by atoms with Gasteiger partial charge in [-0.1, -0.05) is 23.2 Å². The van der Waals surface area contributed by atoms with Gasteiger partial charge in [-0.05, 0) is 38.1 Å². The molecule has 1 heterocycles. The van der Waals surface area contributed by atoms with E-state index in [1.54, 1.807) is 6.07 Å². The molecule has 0 bridgehead atoms. The van der Waals surface area contributed by atoms with Crippen LogP contribution in [0.2, 0.25) is 10.0 Å². The van der Waals surface area contributed by atoms with E-state index in [2.05, 4.69) is 16.8 Å². The zero-order valence-electron chi connectivity index (χ0n) is 10.8. The molecule has 1 saturated heterocycles. The first-order chi connectivity index (χ1) is 8.47. The number of halogens is 2. The van der Waals surface area contributed by atoms with Gasteiger partial charge in [0.05, 0.1) is 21.4 Å². The normalized spacial score (nSPS) is 20.3. The first-order valence-corrected chi connectivity index (χ1v) is 6.87. The van der Waals surface area contributed by atoms with Gasteiger partial charge in [-0.3, -0.25) is 0 Å². The van der Waals surface area contributed by atoms with Crippen molar-refractivity contribution in [2.75, 3.05) is 44.4 Å². The molecule has 3 nitrogen and oxygen atoms in total. The summed E-state index contributed by atoms with van der Waals surface area (Å²) in [5.74, 6) is 0.689. The lowest BCUT2D eigenvalue weighted by Crippen LogP contribution is -2.27. The summed E-state index contributed by atoms with van der Waals surface area (Å²) in [7, 11) is 4.21. The molecule has 100 valence electrons. The van der Waals surface area contributed by atoms with Crippen molar-refractivity contribution in [1.29, 1.82) is 0 Å². The predicted octanol–water partition coefficient (Wildman–Crippen LogP) is 2.96. The van der Waals surface area contributed by atoms with Crippen molar-refractivity contribution in [1.82, 2.24) is 4.90 Å². The molecule has 1 aromatic rings. The summed E-state index contributed by atoms with van der Waals surface area (Å²) in [5.41, 5.74) is 7.63. The fraction of sp³-hybridized carbons (Fsp3) is 0.538. The number of nitrogens with zero attached hydrogens (tertiary/aromatic N) is 2. The molecule has 1 aromatic carbocycles. The summed E-state index contributed by atoms with van der Waals surface area (Å²) in [6.07, 6.45) is 1.24. The summed E-state index contributed by atoms with van der Waals surface area (Å²) in [6.45, 7) is 3.31. The van der Waals surface area contributed by atoms with Gasteiger partial charge in [-0.15, -0.1) is 0 Å². The fourth-order valence-electron chi connectivity index (χ4n) is 2.54. The van der Waals surface area contributed by atoms with Crippen molar-refractivity contribution >= 4 is 34.6 Å². The van der Waals surface area contributed by atoms with Crippen molar-refractivity contribution in [3.63, 3.8) is 0 Å². The summed E-state index contributed by atoms with van der Waals surface area (Å²) in [5, 5.41) is 1.06. The lowest BCUT2D eigenvalue weighted by molar-refractivity contribution is 0.396. The largest absolute Gasteiger partial charge is 0.397 e. The Hall–Kier alpha value is -0.640. The van der Waals surface area contributed by atoms with E-state index in [-0.39, 0.29) is 0 Å². The van der Waals surface area contributed by atoms with E-state index in [0.717, 1.165) is 18.8 Å². The van der Waals surface area contributed by atoms with Crippen LogP contribution in [0.25, 0.3) is 0 Å². The molecule has 0 aromatic heterocycles. The van der Waals surface area contributed by atoms with Crippen molar-refractivity contribution in [2.24, 2.45) is 5.92 Å². The molecule has 1 unspecified atom stereocenters. The maximum Gasteiger partial charge on any atom is 0.0614 e. The Kier molecular flexibility index (Phi) is 4.25. The molecule has 0 spiro atoms. The lowest BCUT2D eigenvalue weighted by Gasteiger charge is -2.25. The highest BCUT2D eigenvalue weighted by molar-refractivity contribution is 6.42. The van der Waals surface area contributed by atoms with Crippen LogP contribution in [-0.2, 0) is 0 Å². The highest BCUT2D eigenvalue weighted by Gasteiger charge is 2.21. The second-order valence-corrected chi connectivity index (χ2v) is 5.94. The van der Waals surface area contributed by atoms with Gasteiger partial charge in [0, 0.05) is 20.1 Å². The van der Waals surface area contributed by atoms with Crippen LogP contribution in [-0.4, -0.2) is 38.6 Å². The molecule has 2 rings (SSSR count). The third kappa shape index (κ3) is 3.02. The maximum atomic E-state index is 6.05. The van der Waals surface area contributed by atoms with Crippen LogP contribution < -0.4 is 10.6 Å². The Morgan fingerprint density at radius 2 is 2.06 bits per heavy atom. The van der Waals surface area contributed by atoms with Gasteiger partial charge < -0.3 is 15.5 Å². The smallest absolute Gasteiger partial charge is 0.0614 e. The highest BCUT2D eigenvalue weighted by atomic mass is 35.5. The molecule has 1 aliphatic rings. The summed E-state index contributed by atoms with van der Waals surface area (Å²) in [6, 6.07) is 3.56. The molecule has 2 N–H and O–H groups in total. The number of anilines is 2. The second kappa shape index (κ2) is 5.55. The number of benzene rings is 1.